The lowest BCUT2D eigenvalue weighted by atomic mass is 10.0. The van der Waals surface area contributed by atoms with Gasteiger partial charge in [-0.25, -0.2) is 9.37 Å². The number of nitrogens with one attached hydrogen (secondary N) is 1. The number of rotatable bonds is 8. The summed E-state index contributed by atoms with van der Waals surface area (Å²) in [5.74, 6) is 1.08. The number of hydrogen-bond acceptors (Lipinski definition) is 4. The van der Waals surface area contributed by atoms with Gasteiger partial charge in [0, 0.05) is 30.8 Å². The quantitative estimate of drug-likeness (QED) is 0.544. The first-order valence-electron chi connectivity index (χ1n) is 11.5. The number of carbonyl (C=O) groups excluding carboxylic acids is 1. The van der Waals surface area contributed by atoms with Gasteiger partial charge in [0.25, 0.3) is 0 Å². The van der Waals surface area contributed by atoms with E-state index in [1.807, 2.05) is 31.2 Å². The van der Waals surface area contributed by atoms with Gasteiger partial charge >= 0.3 is 0 Å². The van der Waals surface area contributed by atoms with Crippen LogP contribution in [0, 0.1) is 17.9 Å². The number of carbonyl (C=O) groups is 1. The Labute approximate surface area is 194 Å². The molecule has 5 nitrogen and oxygen atoms in total. The summed E-state index contributed by atoms with van der Waals surface area (Å²) in [6, 6.07) is 20.2. The van der Waals surface area contributed by atoms with Gasteiger partial charge in [-0.1, -0.05) is 18.2 Å². The molecule has 0 atom stereocenters. The number of ether oxygens (including phenoxy) is 1. The van der Waals surface area contributed by atoms with Crippen molar-refractivity contribution in [1.29, 1.82) is 0 Å². The van der Waals surface area contributed by atoms with E-state index in [0.29, 0.717) is 18.1 Å². The van der Waals surface area contributed by atoms with E-state index in [-0.39, 0.29) is 24.7 Å². The Morgan fingerprint density at radius 1 is 1.12 bits per heavy atom. The highest BCUT2D eigenvalue weighted by molar-refractivity contribution is 5.80. The van der Waals surface area contributed by atoms with Gasteiger partial charge < -0.3 is 15.0 Å². The molecule has 2 heterocycles. The molecule has 3 aromatic rings. The summed E-state index contributed by atoms with van der Waals surface area (Å²) in [5, 5.41) is 2.85. The van der Waals surface area contributed by atoms with E-state index in [2.05, 4.69) is 22.3 Å². The molecule has 4 rings (SSSR count). The molecular weight excluding hydrogens is 417 g/mol. The zero-order valence-corrected chi connectivity index (χ0v) is 18.9. The first kappa shape index (κ1) is 22.6. The Hall–Kier alpha value is -3.59. The molecule has 1 aliphatic rings. The van der Waals surface area contributed by atoms with Crippen molar-refractivity contribution in [3.8, 4) is 16.9 Å². The van der Waals surface area contributed by atoms with Crippen molar-refractivity contribution < 1.29 is 13.9 Å². The van der Waals surface area contributed by atoms with Crippen LogP contribution in [0.1, 0.15) is 37.4 Å². The van der Waals surface area contributed by atoms with E-state index in [1.54, 1.807) is 12.1 Å². The van der Waals surface area contributed by atoms with Gasteiger partial charge in [-0.3, -0.25) is 4.79 Å². The molecule has 0 unspecified atom stereocenters. The number of halogens is 1. The van der Waals surface area contributed by atoms with Gasteiger partial charge in [-0.2, -0.15) is 0 Å². The highest BCUT2D eigenvalue weighted by Crippen LogP contribution is 2.31. The van der Waals surface area contributed by atoms with Crippen LogP contribution in [0.25, 0.3) is 11.1 Å². The molecule has 1 amide bonds. The van der Waals surface area contributed by atoms with Crippen LogP contribution in [0.5, 0.6) is 5.75 Å². The van der Waals surface area contributed by atoms with E-state index in [4.69, 9.17) is 9.72 Å². The standard InChI is InChI=1S/C27H28FN3O2/c1-2-33-24-12-9-21(10-13-24)25-14-11-23(30-27(25)31-15-4-3-5-16-31)18-26(32)29-19-20-7-6-8-22(28)17-20/h6-9,11-12,14,17H,2-5,15-16,18-19H2,1H3,(H,29,32). The first-order valence-corrected chi connectivity index (χ1v) is 11.5. The minimum Gasteiger partial charge on any atom is -0.486 e. The number of piperidine rings is 1. The average Bonchev–Trinajstić information content (AvgIpc) is 2.84. The van der Waals surface area contributed by atoms with Crippen LogP contribution in [-0.4, -0.2) is 30.6 Å². The molecule has 0 saturated carbocycles. The van der Waals surface area contributed by atoms with Gasteiger partial charge in [-0.15, -0.1) is 0 Å². The van der Waals surface area contributed by atoms with Crippen LogP contribution in [0.4, 0.5) is 10.2 Å². The Bertz CT molecular complexity index is 1080. The maximum absolute atomic E-state index is 13.4. The maximum Gasteiger partial charge on any atom is 0.226 e. The monoisotopic (exact) mass is 445 g/mol. The van der Waals surface area contributed by atoms with E-state index >= 15 is 0 Å². The molecule has 0 spiro atoms. The second-order valence-corrected chi connectivity index (χ2v) is 8.10. The van der Waals surface area contributed by atoms with Crippen molar-refractivity contribution in [3.63, 3.8) is 0 Å². The third-order valence-corrected chi connectivity index (χ3v) is 5.62. The number of amides is 1. The lowest BCUT2D eigenvalue weighted by Crippen LogP contribution is -2.31. The SMILES string of the molecule is CCOc1c#cc(-c2ccc(CC(=O)NCc3cccc(F)c3)nc2N2CCCCC2)cc1. The Kier molecular flexibility index (Phi) is 7.41. The van der Waals surface area contributed by atoms with Crippen molar-refractivity contribution in [2.75, 3.05) is 24.6 Å². The summed E-state index contributed by atoms with van der Waals surface area (Å²) >= 11 is 0. The van der Waals surface area contributed by atoms with Gasteiger partial charge in [0.05, 0.1) is 18.7 Å². The van der Waals surface area contributed by atoms with Crippen molar-refractivity contribution in [1.82, 2.24) is 10.3 Å². The normalized spacial score (nSPS) is 13.3. The zero-order valence-electron chi connectivity index (χ0n) is 18.9. The van der Waals surface area contributed by atoms with Gasteiger partial charge in [0.15, 0.2) is 5.75 Å². The summed E-state index contributed by atoms with van der Waals surface area (Å²) in [4.78, 5) is 19.7. The van der Waals surface area contributed by atoms with Gasteiger partial charge in [0.2, 0.25) is 5.91 Å². The summed E-state index contributed by atoms with van der Waals surface area (Å²) in [7, 11) is 0. The highest BCUT2D eigenvalue weighted by atomic mass is 19.1. The van der Waals surface area contributed by atoms with Crippen molar-refractivity contribution >= 4 is 11.7 Å². The molecule has 33 heavy (non-hydrogen) atoms. The van der Waals surface area contributed by atoms with Crippen LogP contribution in [0.3, 0.4) is 0 Å². The largest absolute Gasteiger partial charge is 0.486 e. The third kappa shape index (κ3) is 6.01. The molecule has 170 valence electrons. The number of aromatic nitrogens is 1. The zero-order chi connectivity index (χ0) is 23.0. The number of anilines is 1. The summed E-state index contributed by atoms with van der Waals surface area (Å²) in [6.45, 7) is 4.68. The first-order chi connectivity index (χ1) is 16.1. The Balaban J connectivity index is 1.52. The summed E-state index contributed by atoms with van der Waals surface area (Å²) in [6.07, 6.45) is 3.63. The van der Waals surface area contributed by atoms with E-state index in [1.165, 1.54) is 18.6 Å². The molecule has 0 radical (unpaired) electrons. The maximum atomic E-state index is 13.4. The lowest BCUT2D eigenvalue weighted by Gasteiger charge is -2.29. The molecule has 1 fully saturated rings. The molecular formula is C27H28FN3O2. The fourth-order valence-corrected chi connectivity index (χ4v) is 3.99. The molecule has 0 aliphatic carbocycles. The van der Waals surface area contributed by atoms with Crippen LogP contribution >= 0.6 is 0 Å². The Morgan fingerprint density at radius 3 is 2.70 bits per heavy atom. The van der Waals surface area contributed by atoms with Crippen LogP contribution in [0.2, 0.25) is 0 Å². The van der Waals surface area contributed by atoms with Crippen LogP contribution in [0.15, 0.2) is 48.5 Å². The fraction of sp³-hybridized carbons (Fsp3) is 0.333. The number of nitrogens with zero attached hydrogens (tertiary/aromatic N) is 2. The number of pyridine rings is 1. The molecule has 1 saturated heterocycles. The average molecular weight is 446 g/mol. The van der Waals surface area contributed by atoms with E-state index in [0.717, 1.165) is 48.4 Å². The second-order valence-electron chi connectivity index (χ2n) is 8.10. The Morgan fingerprint density at radius 2 is 1.97 bits per heavy atom. The van der Waals surface area contributed by atoms with Crippen molar-refractivity contribution in [2.24, 2.45) is 0 Å². The lowest BCUT2D eigenvalue weighted by molar-refractivity contribution is -0.120. The summed E-state index contributed by atoms with van der Waals surface area (Å²) in [5.41, 5.74) is 3.29. The fourth-order valence-electron chi connectivity index (χ4n) is 3.99. The molecule has 0 bridgehead atoms. The summed E-state index contributed by atoms with van der Waals surface area (Å²) < 4.78 is 18.8. The van der Waals surface area contributed by atoms with Crippen molar-refractivity contribution in [3.05, 3.63) is 77.7 Å². The number of benzene rings is 1. The van der Waals surface area contributed by atoms with Gasteiger partial charge in [0.1, 0.15) is 11.6 Å². The predicted molar refractivity (Wildman–Crippen MR) is 127 cm³/mol. The minimum atomic E-state index is -0.312. The molecule has 2 aromatic carbocycles. The second kappa shape index (κ2) is 10.8. The smallest absolute Gasteiger partial charge is 0.226 e. The van der Waals surface area contributed by atoms with Crippen molar-refractivity contribution in [2.45, 2.75) is 39.2 Å². The van der Waals surface area contributed by atoms with E-state index < -0.39 is 0 Å². The minimum absolute atomic E-state index is 0.148. The van der Waals surface area contributed by atoms with Crippen LogP contribution in [-0.2, 0) is 17.8 Å². The third-order valence-electron chi connectivity index (χ3n) is 5.62. The van der Waals surface area contributed by atoms with Crippen LogP contribution < -0.4 is 15.0 Å². The van der Waals surface area contributed by atoms with E-state index in [9.17, 15) is 9.18 Å². The molecule has 1 N–H and O–H groups in total. The predicted octanol–water partition coefficient (Wildman–Crippen LogP) is 4.74. The number of hydrogen-bond donors (Lipinski definition) is 1. The molecule has 6 heteroatoms. The topological polar surface area (TPSA) is 54.5 Å². The van der Waals surface area contributed by atoms with Gasteiger partial charge in [-0.05, 0) is 74.2 Å². The molecule has 1 aliphatic heterocycles. The highest BCUT2D eigenvalue weighted by Gasteiger charge is 2.19. The molecule has 1 aromatic heterocycles.